The third kappa shape index (κ3) is 2.76. The minimum atomic E-state index is -0.890. The molecule has 6 heteroatoms. The second-order valence-corrected chi connectivity index (χ2v) is 3.56. The first-order valence-corrected chi connectivity index (χ1v) is 4.85. The molecule has 2 unspecified atom stereocenters. The van der Waals surface area contributed by atoms with Crippen LogP contribution in [0.25, 0.3) is 0 Å². The minimum absolute atomic E-state index is 0.0878. The summed E-state index contributed by atoms with van der Waals surface area (Å²) in [5.74, 6) is -1.71. The van der Waals surface area contributed by atoms with Crippen molar-refractivity contribution in [1.82, 2.24) is 10.6 Å². The molecule has 0 aromatic rings. The van der Waals surface area contributed by atoms with E-state index >= 15 is 0 Å². The molecule has 1 rings (SSSR count). The zero-order chi connectivity index (χ0) is 11.4. The van der Waals surface area contributed by atoms with Crippen LogP contribution in [-0.4, -0.2) is 37.2 Å². The van der Waals surface area contributed by atoms with E-state index in [1.807, 2.05) is 0 Å². The van der Waals surface area contributed by atoms with Crippen LogP contribution in [0.4, 0.5) is 0 Å². The third-order valence-electron chi connectivity index (χ3n) is 2.49. The van der Waals surface area contributed by atoms with E-state index in [4.69, 9.17) is 5.73 Å². The van der Waals surface area contributed by atoms with Crippen molar-refractivity contribution < 1.29 is 14.4 Å². The summed E-state index contributed by atoms with van der Waals surface area (Å²) < 4.78 is 0. The fraction of sp³-hybridized carbons (Fsp3) is 0.667. The summed E-state index contributed by atoms with van der Waals surface area (Å²) in [5.41, 5.74) is 5.55. The largest absolute Gasteiger partial charge is 0.356 e. The Morgan fingerprint density at radius 1 is 1.67 bits per heavy atom. The minimum Gasteiger partial charge on any atom is -0.356 e. The maximum atomic E-state index is 11.3. The molecule has 1 aliphatic rings. The lowest BCUT2D eigenvalue weighted by Crippen LogP contribution is -2.42. The molecule has 1 aliphatic heterocycles. The van der Waals surface area contributed by atoms with Crippen molar-refractivity contribution in [3.8, 4) is 0 Å². The predicted molar refractivity (Wildman–Crippen MR) is 52.8 cm³/mol. The summed E-state index contributed by atoms with van der Waals surface area (Å²) in [6.07, 6.45) is 0.908. The Morgan fingerprint density at radius 3 is 2.80 bits per heavy atom. The van der Waals surface area contributed by atoms with E-state index in [0.29, 0.717) is 13.0 Å². The van der Waals surface area contributed by atoms with E-state index in [2.05, 4.69) is 10.6 Å². The Labute approximate surface area is 87.6 Å². The molecule has 84 valence electrons. The van der Waals surface area contributed by atoms with Crippen LogP contribution >= 0.6 is 0 Å². The molecule has 15 heavy (non-hydrogen) atoms. The van der Waals surface area contributed by atoms with Gasteiger partial charge in [0, 0.05) is 19.5 Å². The summed E-state index contributed by atoms with van der Waals surface area (Å²) in [5, 5.41) is 4.86. The molecule has 2 amide bonds. The number of carbonyl (C=O) groups excluding carboxylic acids is 3. The van der Waals surface area contributed by atoms with Gasteiger partial charge in [-0.15, -0.1) is 0 Å². The van der Waals surface area contributed by atoms with Crippen LogP contribution in [0.15, 0.2) is 0 Å². The number of amides is 2. The Kier molecular flexibility index (Phi) is 3.79. The quantitative estimate of drug-likeness (QED) is 0.477. The molecule has 6 nitrogen and oxygen atoms in total. The second-order valence-electron chi connectivity index (χ2n) is 3.56. The topological polar surface area (TPSA) is 101 Å². The maximum absolute atomic E-state index is 11.3. The van der Waals surface area contributed by atoms with Gasteiger partial charge >= 0.3 is 0 Å². The molecule has 0 aromatic heterocycles. The van der Waals surface area contributed by atoms with Gasteiger partial charge in [0.1, 0.15) is 0 Å². The maximum Gasteiger partial charge on any atom is 0.288 e. The highest BCUT2D eigenvalue weighted by atomic mass is 16.2. The van der Waals surface area contributed by atoms with Crippen molar-refractivity contribution in [3.63, 3.8) is 0 Å². The van der Waals surface area contributed by atoms with Crippen LogP contribution in [-0.2, 0) is 14.4 Å². The molecular formula is C9H15N3O3. The van der Waals surface area contributed by atoms with Crippen molar-refractivity contribution in [2.75, 3.05) is 13.6 Å². The van der Waals surface area contributed by atoms with Gasteiger partial charge in [0.05, 0.1) is 6.04 Å². The van der Waals surface area contributed by atoms with Crippen molar-refractivity contribution in [3.05, 3.63) is 0 Å². The number of Topliss-reactive ketones (excluding diaryl/α,β-unsaturated/α-hetero) is 1. The summed E-state index contributed by atoms with van der Waals surface area (Å²) in [6.45, 7) is 0.615. The lowest BCUT2D eigenvalue weighted by molar-refractivity contribution is -0.138. The zero-order valence-electron chi connectivity index (χ0n) is 8.58. The van der Waals surface area contributed by atoms with Crippen LogP contribution in [0.3, 0.4) is 0 Å². The number of hydrogen-bond acceptors (Lipinski definition) is 4. The van der Waals surface area contributed by atoms with E-state index in [0.717, 1.165) is 0 Å². The molecule has 1 heterocycles. The number of ketones is 1. The number of hydrogen-bond donors (Lipinski definition) is 3. The van der Waals surface area contributed by atoms with Gasteiger partial charge in [-0.3, -0.25) is 14.4 Å². The van der Waals surface area contributed by atoms with Crippen LogP contribution in [0.2, 0.25) is 0 Å². The first-order valence-electron chi connectivity index (χ1n) is 4.85. The van der Waals surface area contributed by atoms with E-state index < -0.39 is 17.7 Å². The first-order chi connectivity index (χ1) is 7.06. The summed E-state index contributed by atoms with van der Waals surface area (Å²) in [4.78, 5) is 33.5. The molecule has 0 bridgehead atoms. The van der Waals surface area contributed by atoms with Gasteiger partial charge in [0.25, 0.3) is 5.91 Å². The zero-order valence-corrected chi connectivity index (χ0v) is 8.58. The summed E-state index contributed by atoms with van der Waals surface area (Å²) in [6, 6.07) is -0.890. The normalized spacial score (nSPS) is 22.0. The molecule has 1 saturated heterocycles. The second kappa shape index (κ2) is 4.88. The molecule has 0 saturated carbocycles. The van der Waals surface area contributed by atoms with Crippen molar-refractivity contribution in [1.29, 1.82) is 0 Å². The highest BCUT2D eigenvalue weighted by molar-refractivity contribution is 6.38. The van der Waals surface area contributed by atoms with Gasteiger partial charge in [-0.1, -0.05) is 0 Å². The van der Waals surface area contributed by atoms with Gasteiger partial charge < -0.3 is 16.4 Å². The highest BCUT2D eigenvalue weighted by Gasteiger charge is 2.30. The molecule has 4 N–H and O–H groups in total. The Balaban J connectivity index is 2.47. The predicted octanol–water partition coefficient (Wildman–Crippen LogP) is -1.84. The average Bonchev–Trinajstić information content (AvgIpc) is 2.62. The van der Waals surface area contributed by atoms with Crippen LogP contribution < -0.4 is 16.4 Å². The number of nitrogens with one attached hydrogen (secondary N) is 2. The molecule has 2 atom stereocenters. The lowest BCUT2D eigenvalue weighted by Gasteiger charge is -2.12. The van der Waals surface area contributed by atoms with Gasteiger partial charge in [0.2, 0.25) is 11.7 Å². The number of rotatable bonds is 4. The van der Waals surface area contributed by atoms with E-state index in [-0.39, 0.29) is 18.2 Å². The molecule has 0 radical (unpaired) electrons. The van der Waals surface area contributed by atoms with Crippen LogP contribution in [0.1, 0.15) is 12.8 Å². The summed E-state index contributed by atoms with van der Waals surface area (Å²) >= 11 is 0. The first kappa shape index (κ1) is 11.6. The molecule has 0 aromatic carbocycles. The fourth-order valence-corrected chi connectivity index (χ4v) is 1.58. The molecule has 0 spiro atoms. The fourth-order valence-electron chi connectivity index (χ4n) is 1.58. The van der Waals surface area contributed by atoms with Gasteiger partial charge in [0.15, 0.2) is 0 Å². The molecule has 1 fully saturated rings. The Hall–Kier alpha value is -1.43. The summed E-state index contributed by atoms with van der Waals surface area (Å²) in [7, 11) is 1.37. The standard InChI is InChI=1S/C9H15N3O3/c1-11-9(15)7(13)6(10)4-5-2-3-12-8(5)14/h5-6H,2-4,10H2,1H3,(H,11,15)(H,12,14). The van der Waals surface area contributed by atoms with Crippen molar-refractivity contribution in [2.24, 2.45) is 11.7 Å². The third-order valence-corrected chi connectivity index (χ3v) is 2.49. The monoisotopic (exact) mass is 213 g/mol. The highest BCUT2D eigenvalue weighted by Crippen LogP contribution is 2.15. The van der Waals surface area contributed by atoms with Crippen LogP contribution in [0.5, 0.6) is 0 Å². The Bertz CT molecular complexity index is 290. The number of likely N-dealkylation sites (N-methyl/N-ethyl adjacent to an activating group) is 1. The van der Waals surface area contributed by atoms with Gasteiger partial charge in [-0.2, -0.15) is 0 Å². The van der Waals surface area contributed by atoms with Gasteiger partial charge in [-0.05, 0) is 12.8 Å². The molecule has 0 aliphatic carbocycles. The van der Waals surface area contributed by atoms with Gasteiger partial charge in [-0.25, -0.2) is 0 Å². The van der Waals surface area contributed by atoms with E-state index in [1.54, 1.807) is 0 Å². The average molecular weight is 213 g/mol. The van der Waals surface area contributed by atoms with Crippen LogP contribution in [0, 0.1) is 5.92 Å². The Morgan fingerprint density at radius 2 is 2.33 bits per heavy atom. The number of carbonyl (C=O) groups is 3. The SMILES string of the molecule is CNC(=O)C(=O)C(N)CC1CCNC1=O. The van der Waals surface area contributed by atoms with E-state index in [1.165, 1.54) is 7.05 Å². The molecular weight excluding hydrogens is 198 g/mol. The van der Waals surface area contributed by atoms with E-state index in [9.17, 15) is 14.4 Å². The smallest absolute Gasteiger partial charge is 0.288 e. The lowest BCUT2D eigenvalue weighted by atomic mass is 9.96. The number of nitrogens with two attached hydrogens (primary N) is 1. The van der Waals surface area contributed by atoms with Crippen molar-refractivity contribution >= 4 is 17.6 Å². The van der Waals surface area contributed by atoms with Crippen molar-refractivity contribution in [2.45, 2.75) is 18.9 Å².